The van der Waals surface area contributed by atoms with Crippen LogP contribution in [-0.2, 0) is 21.1 Å². The van der Waals surface area contributed by atoms with Gasteiger partial charge in [0, 0.05) is 45.0 Å². The Bertz CT molecular complexity index is 929. The predicted octanol–water partition coefficient (Wildman–Crippen LogP) is -3.20. The lowest BCUT2D eigenvalue weighted by Gasteiger charge is -2.33. The molecule has 0 saturated heterocycles. The molecule has 0 saturated carbocycles. The van der Waals surface area contributed by atoms with Gasteiger partial charge in [-0.05, 0) is 23.3 Å². The van der Waals surface area contributed by atoms with Crippen molar-refractivity contribution in [2.24, 2.45) is 0 Å². The van der Waals surface area contributed by atoms with Crippen LogP contribution in [0.2, 0.25) is 0 Å². The second kappa shape index (κ2) is 19.8. The number of aliphatic hydroxyl groups is 10. The first-order chi connectivity index (χ1) is 19.7. The van der Waals surface area contributed by atoms with Gasteiger partial charge in [-0.3, -0.25) is 14.5 Å². The number of ether oxygens (including phenoxy) is 1. The third-order valence-electron chi connectivity index (χ3n) is 6.26. The number of hydrogen-bond donors (Lipinski definition) is 10. The Morgan fingerprint density at radius 2 is 1.14 bits per heavy atom. The van der Waals surface area contributed by atoms with Gasteiger partial charge in [0.15, 0.2) is 10.2 Å². The van der Waals surface area contributed by atoms with E-state index in [1.54, 1.807) is 18.2 Å². The van der Waals surface area contributed by atoms with Gasteiger partial charge in [0.2, 0.25) is 0 Å². The van der Waals surface area contributed by atoms with E-state index in [2.05, 4.69) is 0 Å². The molecule has 0 aliphatic carbocycles. The summed E-state index contributed by atoms with van der Waals surface area (Å²) in [6, 6.07) is 5.15. The molecule has 0 aliphatic rings. The third-order valence-corrected chi connectivity index (χ3v) is 7.98. The summed E-state index contributed by atoms with van der Waals surface area (Å²) in [4.78, 5) is 24.2. The molecule has 0 unspecified atom stereocenters. The van der Waals surface area contributed by atoms with Crippen molar-refractivity contribution in [2.45, 2.75) is 74.2 Å². The van der Waals surface area contributed by atoms with E-state index in [0.29, 0.717) is 17.3 Å². The number of aliphatic hydroxyl groups excluding tert-OH is 10. The molecule has 16 heteroatoms. The zero-order valence-electron chi connectivity index (χ0n) is 23.5. The molecule has 0 aromatic heterocycles. The molecule has 8 atom stereocenters. The van der Waals surface area contributed by atoms with Crippen molar-refractivity contribution in [2.75, 3.05) is 39.5 Å². The fourth-order valence-corrected chi connectivity index (χ4v) is 5.02. The van der Waals surface area contributed by atoms with Crippen LogP contribution in [0.15, 0.2) is 18.2 Å². The lowest BCUT2D eigenvalue weighted by molar-refractivity contribution is -0.130. The number of carbonyl (C=O) groups excluding carboxylic acids is 2. The van der Waals surface area contributed by atoms with Crippen molar-refractivity contribution in [3.8, 4) is 5.75 Å². The number of carbonyl (C=O) groups is 2. The number of thioether (sulfide) groups is 2. The van der Waals surface area contributed by atoms with E-state index < -0.39 is 75.1 Å². The van der Waals surface area contributed by atoms with E-state index in [0.717, 1.165) is 34.7 Å². The maximum absolute atomic E-state index is 11.5. The van der Waals surface area contributed by atoms with Crippen molar-refractivity contribution < 1.29 is 65.4 Å². The average Bonchev–Trinajstić information content (AvgIpc) is 2.96. The molecule has 242 valence electrons. The van der Waals surface area contributed by atoms with Crippen LogP contribution in [-0.4, -0.2) is 154 Å². The first kappa shape index (κ1) is 38.6. The first-order valence-corrected chi connectivity index (χ1v) is 15.1. The summed E-state index contributed by atoms with van der Waals surface area (Å²) in [5.74, 6) is 1.17. The summed E-state index contributed by atoms with van der Waals surface area (Å²) in [5, 5.41) is 98.3. The van der Waals surface area contributed by atoms with Crippen molar-refractivity contribution in [1.82, 2.24) is 4.90 Å². The van der Waals surface area contributed by atoms with Crippen LogP contribution in [0.1, 0.15) is 25.0 Å². The molecular formula is C26H43NO13S2. The van der Waals surface area contributed by atoms with Gasteiger partial charge in [-0.2, -0.15) is 0 Å². The Hall–Kier alpha value is -1.38. The molecule has 1 rings (SSSR count). The van der Waals surface area contributed by atoms with Crippen LogP contribution in [0.5, 0.6) is 5.75 Å². The van der Waals surface area contributed by atoms with Crippen molar-refractivity contribution in [3.63, 3.8) is 0 Å². The SMILES string of the molecule is CC(=O)SCc1ccc(OCCN(C[C@@H](O)[C@@H](O)[C@H](O)[C@H](O)CO)C[C@@H](O)[C@@H](O)[C@H](O)[C@H](O)CO)cc1CSC(C)=O. The molecular weight excluding hydrogens is 598 g/mol. The monoisotopic (exact) mass is 641 g/mol. The number of benzene rings is 1. The van der Waals surface area contributed by atoms with E-state index in [1.807, 2.05) is 0 Å². The molecule has 0 heterocycles. The Morgan fingerprint density at radius 1 is 0.714 bits per heavy atom. The van der Waals surface area contributed by atoms with Crippen LogP contribution in [0.4, 0.5) is 0 Å². The summed E-state index contributed by atoms with van der Waals surface area (Å²) in [5.41, 5.74) is 1.63. The van der Waals surface area contributed by atoms with E-state index in [1.165, 1.54) is 18.7 Å². The molecule has 1 aromatic rings. The minimum absolute atomic E-state index is 0.0374. The van der Waals surface area contributed by atoms with Gasteiger partial charge in [0.1, 0.15) is 49.0 Å². The molecule has 0 amide bonds. The van der Waals surface area contributed by atoms with Gasteiger partial charge in [0.25, 0.3) is 0 Å². The van der Waals surface area contributed by atoms with Crippen molar-refractivity contribution in [1.29, 1.82) is 0 Å². The Morgan fingerprint density at radius 3 is 1.57 bits per heavy atom. The quantitative estimate of drug-likeness (QED) is 0.0673. The van der Waals surface area contributed by atoms with Crippen LogP contribution >= 0.6 is 23.5 Å². The lowest BCUT2D eigenvalue weighted by atomic mass is 10.0. The summed E-state index contributed by atoms with van der Waals surface area (Å²) < 4.78 is 5.81. The van der Waals surface area contributed by atoms with Crippen LogP contribution < -0.4 is 4.74 Å². The molecule has 0 spiro atoms. The van der Waals surface area contributed by atoms with Crippen LogP contribution in [0, 0.1) is 0 Å². The second-order valence-electron chi connectivity index (χ2n) is 9.70. The Kier molecular flexibility index (Phi) is 18.2. The minimum atomic E-state index is -1.90. The van der Waals surface area contributed by atoms with Crippen molar-refractivity contribution >= 4 is 33.8 Å². The zero-order chi connectivity index (χ0) is 32.0. The highest BCUT2D eigenvalue weighted by atomic mass is 32.2. The highest BCUT2D eigenvalue weighted by Crippen LogP contribution is 2.26. The normalized spacial score (nSPS) is 17.6. The molecule has 0 bridgehead atoms. The van der Waals surface area contributed by atoms with E-state index >= 15 is 0 Å². The third kappa shape index (κ3) is 13.5. The number of hydrogen-bond acceptors (Lipinski definition) is 16. The maximum atomic E-state index is 11.5. The summed E-state index contributed by atoms with van der Waals surface area (Å²) in [6.45, 7) is 0.186. The second-order valence-corrected chi connectivity index (χ2v) is 12.0. The minimum Gasteiger partial charge on any atom is -0.492 e. The van der Waals surface area contributed by atoms with Gasteiger partial charge in [0.05, 0.1) is 25.4 Å². The fourth-order valence-electron chi connectivity index (χ4n) is 3.75. The Labute approximate surface area is 252 Å². The summed E-state index contributed by atoms with van der Waals surface area (Å²) >= 11 is 2.22. The number of nitrogens with zero attached hydrogens (tertiary/aromatic N) is 1. The first-order valence-electron chi connectivity index (χ1n) is 13.1. The molecule has 14 nitrogen and oxygen atoms in total. The van der Waals surface area contributed by atoms with Crippen LogP contribution in [0.3, 0.4) is 0 Å². The highest BCUT2D eigenvalue weighted by Gasteiger charge is 2.34. The van der Waals surface area contributed by atoms with Gasteiger partial charge >= 0.3 is 0 Å². The smallest absolute Gasteiger partial charge is 0.186 e. The molecule has 10 N–H and O–H groups in total. The molecule has 0 fully saturated rings. The lowest BCUT2D eigenvalue weighted by Crippen LogP contribution is -2.53. The largest absolute Gasteiger partial charge is 0.492 e. The number of rotatable bonds is 20. The molecule has 0 aliphatic heterocycles. The molecule has 1 aromatic carbocycles. The van der Waals surface area contributed by atoms with E-state index in [4.69, 9.17) is 14.9 Å². The molecule has 0 radical (unpaired) electrons. The standard InChI is InChI=1S/C26H43NO13S2/c1-14(30)41-12-16-3-4-18(7-17(16)13-42-15(2)31)40-6-5-27(8-19(32)23(36)25(38)21(34)10-28)9-20(33)24(37)26(39)22(35)11-29/h3-4,7,19-26,28-29,32-39H,5-6,8-13H2,1-2H3/t19-,20-,21-,22-,23-,24-,25-,26-/m1/s1. The maximum Gasteiger partial charge on any atom is 0.186 e. The van der Waals surface area contributed by atoms with Gasteiger partial charge in [-0.25, -0.2) is 0 Å². The van der Waals surface area contributed by atoms with Crippen LogP contribution in [0.25, 0.3) is 0 Å². The summed E-state index contributed by atoms with van der Waals surface area (Å²) in [6.07, 6.45) is -14.5. The topological polar surface area (TPSA) is 249 Å². The zero-order valence-corrected chi connectivity index (χ0v) is 25.1. The van der Waals surface area contributed by atoms with E-state index in [9.17, 15) is 50.4 Å². The highest BCUT2D eigenvalue weighted by molar-refractivity contribution is 8.13. The van der Waals surface area contributed by atoms with Crippen molar-refractivity contribution in [3.05, 3.63) is 29.3 Å². The van der Waals surface area contributed by atoms with Gasteiger partial charge in [-0.1, -0.05) is 29.6 Å². The van der Waals surface area contributed by atoms with E-state index in [-0.39, 0.29) is 23.4 Å². The molecule has 42 heavy (non-hydrogen) atoms. The summed E-state index contributed by atoms with van der Waals surface area (Å²) in [7, 11) is 0. The van der Waals surface area contributed by atoms with Gasteiger partial charge < -0.3 is 55.8 Å². The Balaban J connectivity index is 3.03. The fraction of sp³-hybridized carbons (Fsp3) is 0.692. The predicted molar refractivity (Wildman–Crippen MR) is 155 cm³/mol. The van der Waals surface area contributed by atoms with Gasteiger partial charge in [-0.15, -0.1) is 0 Å². The average molecular weight is 642 g/mol.